The van der Waals surface area contributed by atoms with E-state index in [0.29, 0.717) is 44.4 Å². The predicted molar refractivity (Wildman–Crippen MR) is 196 cm³/mol. The van der Waals surface area contributed by atoms with Crippen LogP contribution < -0.4 is 0 Å². The third-order valence-corrected chi connectivity index (χ3v) is 10.2. The summed E-state index contributed by atoms with van der Waals surface area (Å²) in [6.07, 6.45) is 18.9. The second-order valence-electron chi connectivity index (χ2n) is 15.1. The number of hydrogen-bond donors (Lipinski definition) is 4. The highest BCUT2D eigenvalue weighted by Gasteiger charge is 2.49. The number of hydrogen-bond acceptors (Lipinski definition) is 10. The van der Waals surface area contributed by atoms with Crippen LogP contribution in [0.15, 0.2) is 72.4 Å². The predicted octanol–water partition coefficient (Wildman–Crippen LogP) is 5.46. The third kappa shape index (κ3) is 13.6. The highest BCUT2D eigenvalue weighted by atomic mass is 16.6. The SMILES string of the molecule is CC1=C\[C@H]2O[C@@H](C/C=C/C=C/C(=O)O[C@@H]3C[C@@H](/C=C/C\C=C\1)O[C@@H](C/C=C\CC(O)C(=O)OCC(C)C(O)CC(C)C)[C@]3(C)CO)C[C@H](O)[C@H]2C. The van der Waals surface area contributed by atoms with E-state index in [2.05, 4.69) is 6.08 Å². The van der Waals surface area contributed by atoms with Crippen molar-refractivity contribution in [3.8, 4) is 0 Å². The van der Waals surface area contributed by atoms with E-state index < -0.39 is 47.9 Å². The number of esters is 2. The number of aliphatic hydroxyl groups is 4. The molecule has 2 saturated heterocycles. The molecule has 11 atom stereocenters. The van der Waals surface area contributed by atoms with Crippen molar-refractivity contribution in [3.63, 3.8) is 0 Å². The van der Waals surface area contributed by atoms with Crippen LogP contribution in [-0.2, 0) is 28.5 Å². The summed E-state index contributed by atoms with van der Waals surface area (Å²) in [4.78, 5) is 25.4. The van der Waals surface area contributed by atoms with Gasteiger partial charge in [0, 0.05) is 37.2 Å². The van der Waals surface area contributed by atoms with Crippen LogP contribution >= 0.6 is 0 Å². The molecule has 4 bridgehead atoms. The first-order chi connectivity index (χ1) is 24.2. The van der Waals surface area contributed by atoms with E-state index in [4.69, 9.17) is 18.9 Å². The van der Waals surface area contributed by atoms with Crippen molar-refractivity contribution >= 4 is 11.9 Å². The minimum Gasteiger partial charge on any atom is -0.463 e. The molecule has 4 N–H and O–H groups in total. The lowest BCUT2D eigenvalue weighted by Crippen LogP contribution is -2.55. The van der Waals surface area contributed by atoms with Gasteiger partial charge in [0.25, 0.3) is 0 Å². The van der Waals surface area contributed by atoms with Crippen LogP contribution in [0, 0.1) is 23.2 Å². The highest BCUT2D eigenvalue weighted by molar-refractivity contribution is 5.82. The summed E-state index contributed by atoms with van der Waals surface area (Å²) in [5.41, 5.74) is 0.116. The van der Waals surface area contributed by atoms with Crippen molar-refractivity contribution in [2.75, 3.05) is 13.2 Å². The summed E-state index contributed by atoms with van der Waals surface area (Å²) < 4.78 is 23.9. The molecule has 3 aliphatic heterocycles. The Kier molecular flexibility index (Phi) is 17.5. The number of allylic oxidation sites excluding steroid dienone is 6. The number of rotatable bonds is 11. The molecule has 286 valence electrons. The van der Waals surface area contributed by atoms with Gasteiger partial charge in [0.05, 0.1) is 55.3 Å². The van der Waals surface area contributed by atoms with Crippen LogP contribution in [0.5, 0.6) is 0 Å². The first kappa shape index (κ1) is 42.6. The average Bonchev–Trinajstić information content (AvgIpc) is 3.07. The van der Waals surface area contributed by atoms with Gasteiger partial charge in [0.2, 0.25) is 0 Å². The van der Waals surface area contributed by atoms with Crippen molar-refractivity contribution in [2.24, 2.45) is 23.2 Å². The molecule has 0 radical (unpaired) electrons. The van der Waals surface area contributed by atoms with Crippen molar-refractivity contribution in [2.45, 2.75) is 135 Å². The molecule has 10 nitrogen and oxygen atoms in total. The summed E-state index contributed by atoms with van der Waals surface area (Å²) >= 11 is 0. The van der Waals surface area contributed by atoms with Crippen molar-refractivity contribution in [1.29, 1.82) is 0 Å². The van der Waals surface area contributed by atoms with Crippen LogP contribution in [0.25, 0.3) is 0 Å². The zero-order chi connectivity index (χ0) is 37.6. The maximum atomic E-state index is 13.0. The summed E-state index contributed by atoms with van der Waals surface area (Å²) in [7, 11) is 0. The maximum Gasteiger partial charge on any atom is 0.335 e. The Morgan fingerprint density at radius 3 is 2.57 bits per heavy atom. The van der Waals surface area contributed by atoms with Gasteiger partial charge in [0.15, 0.2) is 6.10 Å². The van der Waals surface area contributed by atoms with E-state index in [0.717, 1.165) is 5.57 Å². The van der Waals surface area contributed by atoms with E-state index in [-0.39, 0.29) is 49.8 Å². The lowest BCUT2D eigenvalue weighted by atomic mass is 9.73. The Labute approximate surface area is 304 Å². The smallest absolute Gasteiger partial charge is 0.335 e. The summed E-state index contributed by atoms with van der Waals surface area (Å²) in [6.45, 7) is 11.4. The molecule has 51 heavy (non-hydrogen) atoms. The van der Waals surface area contributed by atoms with E-state index in [1.165, 1.54) is 6.08 Å². The zero-order valence-electron chi connectivity index (χ0n) is 31.3. The fraction of sp³-hybridized carbons (Fsp3) is 0.659. The Morgan fingerprint density at radius 2 is 1.84 bits per heavy atom. The minimum absolute atomic E-state index is 0.0189. The molecule has 10 heteroatoms. The molecule has 0 aromatic carbocycles. The summed E-state index contributed by atoms with van der Waals surface area (Å²) in [5.74, 6) is -1.25. The molecular formula is C41H62O10. The Hall–Kier alpha value is -2.86. The van der Waals surface area contributed by atoms with E-state index in [1.807, 2.05) is 65.0 Å². The molecule has 0 saturated carbocycles. The number of carbonyl (C=O) groups excluding carboxylic acids is 2. The number of carbonyl (C=O) groups is 2. The summed E-state index contributed by atoms with van der Waals surface area (Å²) in [6, 6.07) is 0. The second kappa shape index (κ2) is 21.0. The molecule has 0 spiro atoms. The number of fused-ring (bicyclic) bond motifs is 4. The topological polar surface area (TPSA) is 152 Å². The lowest BCUT2D eigenvalue weighted by molar-refractivity contribution is -0.198. The lowest BCUT2D eigenvalue weighted by Gasteiger charge is -2.47. The van der Waals surface area contributed by atoms with Crippen molar-refractivity contribution in [1.82, 2.24) is 0 Å². The van der Waals surface area contributed by atoms with Gasteiger partial charge in [-0.15, -0.1) is 0 Å². The summed E-state index contributed by atoms with van der Waals surface area (Å²) in [5, 5.41) is 41.9. The molecule has 3 heterocycles. The maximum absolute atomic E-state index is 13.0. The Morgan fingerprint density at radius 1 is 1.08 bits per heavy atom. The van der Waals surface area contributed by atoms with Gasteiger partial charge < -0.3 is 39.4 Å². The van der Waals surface area contributed by atoms with Gasteiger partial charge >= 0.3 is 11.9 Å². The van der Waals surface area contributed by atoms with Crippen LogP contribution in [0.1, 0.15) is 86.5 Å². The highest BCUT2D eigenvalue weighted by Crippen LogP contribution is 2.41. The van der Waals surface area contributed by atoms with Gasteiger partial charge in [-0.25, -0.2) is 9.59 Å². The second-order valence-corrected chi connectivity index (χ2v) is 15.1. The van der Waals surface area contributed by atoms with Crippen molar-refractivity contribution in [3.05, 3.63) is 72.4 Å². The molecule has 0 aromatic rings. The molecular weight excluding hydrogens is 652 g/mol. The van der Waals surface area contributed by atoms with Crippen LogP contribution in [0.4, 0.5) is 0 Å². The standard InChI is InChI=1S/C41H62O10/c1-27(2)21-34(44)29(4)25-48-40(47)33(43)18-13-14-19-37-41(6,26-42)38-24-32(50-37)17-10-7-9-15-28(3)22-36-30(5)35(45)23-31(49-36)16-11-8-12-20-39(46)51-38/h8-15,17,20,22,27,29-38,42-45H,7,16,18-19,21,23-26H2,1-6H3/b11-8+,14-13-,15-9+,17-10+,20-12+,28-22+/t29?,30-,31+,32-,33?,34?,35+,36-,37+,38-,41+/m1/s1. The fourth-order valence-corrected chi connectivity index (χ4v) is 6.57. The molecule has 0 aromatic heterocycles. The Bertz CT molecular complexity index is 1280. The minimum atomic E-state index is -1.36. The van der Waals surface area contributed by atoms with Gasteiger partial charge in [-0.3, -0.25) is 0 Å². The molecule has 3 unspecified atom stereocenters. The van der Waals surface area contributed by atoms with E-state index >= 15 is 0 Å². The average molecular weight is 715 g/mol. The van der Waals surface area contributed by atoms with E-state index in [1.54, 1.807) is 31.2 Å². The van der Waals surface area contributed by atoms with Gasteiger partial charge in [0.1, 0.15) is 6.10 Å². The number of ether oxygens (including phenoxy) is 4. The molecule has 0 aliphatic carbocycles. The van der Waals surface area contributed by atoms with Crippen LogP contribution in [0.3, 0.4) is 0 Å². The fourth-order valence-electron chi connectivity index (χ4n) is 6.57. The Balaban J connectivity index is 1.70. The first-order valence-corrected chi connectivity index (χ1v) is 18.6. The number of aliphatic hydroxyl groups excluding tert-OH is 4. The molecule has 3 aliphatic rings. The monoisotopic (exact) mass is 714 g/mol. The first-order valence-electron chi connectivity index (χ1n) is 18.6. The molecule has 2 fully saturated rings. The van der Waals surface area contributed by atoms with Crippen LogP contribution in [0.2, 0.25) is 0 Å². The zero-order valence-corrected chi connectivity index (χ0v) is 31.3. The van der Waals surface area contributed by atoms with Gasteiger partial charge in [-0.1, -0.05) is 101 Å². The normalized spacial score (nSPS) is 36.2. The quantitative estimate of drug-likeness (QED) is 0.161. The largest absolute Gasteiger partial charge is 0.463 e. The third-order valence-electron chi connectivity index (χ3n) is 10.2. The molecule has 3 rings (SSSR count). The van der Waals surface area contributed by atoms with Gasteiger partial charge in [-0.2, -0.15) is 0 Å². The van der Waals surface area contributed by atoms with E-state index in [9.17, 15) is 30.0 Å². The van der Waals surface area contributed by atoms with Crippen LogP contribution in [-0.4, -0.2) is 94.4 Å². The molecule has 0 amide bonds. The van der Waals surface area contributed by atoms with Gasteiger partial charge in [-0.05, 0) is 38.5 Å². The van der Waals surface area contributed by atoms with Crippen molar-refractivity contribution < 1.29 is 49.0 Å².